The van der Waals surface area contributed by atoms with Crippen LogP contribution in [0.3, 0.4) is 0 Å². The minimum absolute atomic E-state index is 0.295. The summed E-state index contributed by atoms with van der Waals surface area (Å²) in [6, 6.07) is 5.52. The van der Waals surface area contributed by atoms with Crippen LogP contribution in [0.25, 0.3) is 0 Å². The Morgan fingerprint density at radius 2 is 2.29 bits per heavy atom. The van der Waals surface area contributed by atoms with Crippen molar-refractivity contribution in [2.45, 2.75) is 26.5 Å². The standard InChI is InChI=1S/C14H17BrN4O2/c1-9(2)19-7-12(6-17-19)21-8-11-4-3-10(5-13(11)15)14(20)18-16/h3-7,9H,8,16H2,1-2H3,(H,18,20). The Balaban J connectivity index is 2.04. The zero-order valence-electron chi connectivity index (χ0n) is 11.8. The van der Waals surface area contributed by atoms with Gasteiger partial charge < -0.3 is 4.74 Å². The molecule has 0 radical (unpaired) electrons. The molecule has 7 heteroatoms. The average molecular weight is 353 g/mol. The SMILES string of the molecule is CC(C)n1cc(OCc2ccc(C(=O)NN)cc2Br)cn1. The lowest BCUT2D eigenvalue weighted by atomic mass is 10.1. The molecule has 0 bridgehead atoms. The van der Waals surface area contributed by atoms with E-state index in [4.69, 9.17) is 10.6 Å². The lowest BCUT2D eigenvalue weighted by Gasteiger charge is -2.08. The maximum absolute atomic E-state index is 11.4. The number of nitrogen functional groups attached to an aromatic ring is 1. The topological polar surface area (TPSA) is 82.2 Å². The normalized spacial score (nSPS) is 10.7. The zero-order valence-corrected chi connectivity index (χ0v) is 13.4. The Labute approximate surface area is 131 Å². The van der Waals surface area contributed by atoms with Gasteiger partial charge in [-0.2, -0.15) is 5.10 Å². The first-order chi connectivity index (χ1) is 10.0. The highest BCUT2D eigenvalue weighted by Gasteiger charge is 2.08. The summed E-state index contributed by atoms with van der Waals surface area (Å²) in [4.78, 5) is 11.4. The highest BCUT2D eigenvalue weighted by atomic mass is 79.9. The zero-order chi connectivity index (χ0) is 15.4. The third-order valence-electron chi connectivity index (χ3n) is 2.95. The fourth-order valence-corrected chi connectivity index (χ4v) is 2.22. The molecule has 0 saturated heterocycles. The van der Waals surface area contributed by atoms with Crippen molar-refractivity contribution >= 4 is 21.8 Å². The van der Waals surface area contributed by atoms with Crippen LogP contribution in [0.1, 0.15) is 35.8 Å². The van der Waals surface area contributed by atoms with Crippen LogP contribution in [0.2, 0.25) is 0 Å². The van der Waals surface area contributed by atoms with Crippen LogP contribution in [0.4, 0.5) is 0 Å². The van der Waals surface area contributed by atoms with Gasteiger partial charge in [-0.15, -0.1) is 0 Å². The number of amides is 1. The van der Waals surface area contributed by atoms with Gasteiger partial charge in [0.05, 0.1) is 12.4 Å². The van der Waals surface area contributed by atoms with Gasteiger partial charge in [-0.05, 0) is 26.0 Å². The van der Waals surface area contributed by atoms with E-state index in [1.807, 2.05) is 16.9 Å². The molecule has 1 aromatic heterocycles. The summed E-state index contributed by atoms with van der Waals surface area (Å²) >= 11 is 3.42. The second-order valence-corrected chi connectivity index (χ2v) is 5.67. The molecule has 0 spiro atoms. The number of carbonyl (C=O) groups is 1. The number of nitrogens with zero attached hydrogens (tertiary/aromatic N) is 2. The van der Waals surface area contributed by atoms with Crippen LogP contribution in [-0.4, -0.2) is 15.7 Å². The molecule has 2 aromatic rings. The molecule has 2 rings (SSSR count). The second-order valence-electron chi connectivity index (χ2n) is 4.82. The number of halogens is 1. The van der Waals surface area contributed by atoms with Gasteiger partial charge in [-0.3, -0.25) is 14.9 Å². The van der Waals surface area contributed by atoms with E-state index in [2.05, 4.69) is 40.3 Å². The summed E-state index contributed by atoms with van der Waals surface area (Å²) in [6.07, 6.45) is 3.54. The molecule has 0 fully saturated rings. The second kappa shape index (κ2) is 6.73. The van der Waals surface area contributed by atoms with E-state index in [0.717, 1.165) is 10.0 Å². The molecule has 0 aliphatic carbocycles. The molecular weight excluding hydrogens is 336 g/mol. The maximum Gasteiger partial charge on any atom is 0.265 e. The molecule has 1 heterocycles. The summed E-state index contributed by atoms with van der Waals surface area (Å²) in [5.74, 6) is 5.48. The first kappa shape index (κ1) is 15.5. The predicted octanol–water partition coefficient (Wildman–Crippen LogP) is 2.41. The molecule has 1 aromatic carbocycles. The molecule has 0 saturated carbocycles. The molecule has 6 nitrogen and oxygen atoms in total. The molecule has 0 aliphatic rings. The third-order valence-corrected chi connectivity index (χ3v) is 3.69. The molecular formula is C14H17BrN4O2. The molecule has 112 valence electrons. The fraction of sp³-hybridized carbons (Fsp3) is 0.286. The van der Waals surface area contributed by atoms with Crippen molar-refractivity contribution in [3.63, 3.8) is 0 Å². The molecule has 0 aliphatic heterocycles. The number of hydrazine groups is 1. The number of hydrogen-bond donors (Lipinski definition) is 2. The first-order valence-electron chi connectivity index (χ1n) is 6.47. The number of hydrogen-bond acceptors (Lipinski definition) is 4. The number of rotatable bonds is 5. The quantitative estimate of drug-likeness (QED) is 0.491. The van der Waals surface area contributed by atoms with Gasteiger partial charge in [-0.1, -0.05) is 22.0 Å². The lowest BCUT2D eigenvalue weighted by molar-refractivity contribution is 0.0953. The molecule has 1 amide bonds. The summed E-state index contributed by atoms with van der Waals surface area (Å²) in [7, 11) is 0. The largest absolute Gasteiger partial charge is 0.486 e. The van der Waals surface area contributed by atoms with E-state index >= 15 is 0 Å². The van der Waals surface area contributed by atoms with Crippen molar-refractivity contribution in [3.05, 3.63) is 46.2 Å². The van der Waals surface area contributed by atoms with Gasteiger partial charge in [-0.25, -0.2) is 5.84 Å². The Morgan fingerprint density at radius 3 is 2.86 bits per heavy atom. The van der Waals surface area contributed by atoms with Crippen molar-refractivity contribution in [1.29, 1.82) is 0 Å². The van der Waals surface area contributed by atoms with E-state index in [-0.39, 0.29) is 5.91 Å². The van der Waals surface area contributed by atoms with Crippen LogP contribution in [0.15, 0.2) is 35.1 Å². The Morgan fingerprint density at radius 1 is 1.52 bits per heavy atom. The van der Waals surface area contributed by atoms with Gasteiger partial charge in [0.25, 0.3) is 5.91 Å². The van der Waals surface area contributed by atoms with Crippen LogP contribution >= 0.6 is 15.9 Å². The minimum Gasteiger partial charge on any atom is -0.486 e. The van der Waals surface area contributed by atoms with Crippen molar-refractivity contribution < 1.29 is 9.53 Å². The van der Waals surface area contributed by atoms with Crippen molar-refractivity contribution in [3.8, 4) is 5.75 Å². The van der Waals surface area contributed by atoms with Crippen molar-refractivity contribution in [1.82, 2.24) is 15.2 Å². The van der Waals surface area contributed by atoms with E-state index < -0.39 is 0 Å². The van der Waals surface area contributed by atoms with E-state index in [0.29, 0.717) is 24.0 Å². The number of ether oxygens (including phenoxy) is 1. The highest BCUT2D eigenvalue weighted by molar-refractivity contribution is 9.10. The summed E-state index contributed by atoms with van der Waals surface area (Å²) in [5, 5.41) is 4.21. The Hall–Kier alpha value is -1.86. The molecule has 0 unspecified atom stereocenters. The Kier molecular flexibility index (Phi) is 4.98. The summed E-state index contributed by atoms with van der Waals surface area (Å²) < 4.78 is 8.32. The summed E-state index contributed by atoms with van der Waals surface area (Å²) in [5.41, 5.74) is 3.52. The molecule has 21 heavy (non-hydrogen) atoms. The number of nitrogens with one attached hydrogen (secondary N) is 1. The van der Waals surface area contributed by atoms with Gasteiger partial charge in [0.15, 0.2) is 5.75 Å². The molecule has 3 N–H and O–H groups in total. The number of nitrogens with two attached hydrogens (primary N) is 1. The van der Waals surface area contributed by atoms with Gasteiger partial charge >= 0.3 is 0 Å². The van der Waals surface area contributed by atoms with Crippen LogP contribution in [-0.2, 0) is 6.61 Å². The minimum atomic E-state index is -0.332. The van der Waals surface area contributed by atoms with Crippen molar-refractivity contribution in [2.75, 3.05) is 0 Å². The average Bonchev–Trinajstić information content (AvgIpc) is 2.94. The predicted molar refractivity (Wildman–Crippen MR) is 82.7 cm³/mol. The van der Waals surface area contributed by atoms with E-state index in [1.54, 1.807) is 18.3 Å². The fourth-order valence-electron chi connectivity index (χ4n) is 1.73. The number of carbonyl (C=O) groups excluding carboxylic acids is 1. The van der Waals surface area contributed by atoms with Crippen LogP contribution < -0.4 is 16.0 Å². The molecule has 0 atom stereocenters. The van der Waals surface area contributed by atoms with E-state index in [9.17, 15) is 4.79 Å². The monoisotopic (exact) mass is 352 g/mol. The van der Waals surface area contributed by atoms with Gasteiger partial charge in [0.1, 0.15) is 6.61 Å². The maximum atomic E-state index is 11.4. The van der Waals surface area contributed by atoms with E-state index in [1.165, 1.54) is 0 Å². The Bertz CT molecular complexity index is 640. The smallest absolute Gasteiger partial charge is 0.265 e. The number of aromatic nitrogens is 2. The van der Waals surface area contributed by atoms with Crippen LogP contribution in [0.5, 0.6) is 5.75 Å². The van der Waals surface area contributed by atoms with Crippen LogP contribution in [0, 0.1) is 0 Å². The highest BCUT2D eigenvalue weighted by Crippen LogP contribution is 2.21. The lowest BCUT2D eigenvalue weighted by Crippen LogP contribution is -2.29. The third kappa shape index (κ3) is 3.83. The number of benzene rings is 1. The summed E-state index contributed by atoms with van der Waals surface area (Å²) in [6.45, 7) is 4.48. The first-order valence-corrected chi connectivity index (χ1v) is 7.27. The van der Waals surface area contributed by atoms with Gasteiger partial charge in [0.2, 0.25) is 0 Å². The van der Waals surface area contributed by atoms with Gasteiger partial charge in [0, 0.05) is 21.6 Å². The van der Waals surface area contributed by atoms with Crippen molar-refractivity contribution in [2.24, 2.45) is 5.84 Å².